The molecule has 29 heavy (non-hydrogen) atoms. The minimum atomic E-state index is -0.291. The van der Waals surface area contributed by atoms with Crippen LogP contribution in [0.3, 0.4) is 0 Å². The first kappa shape index (κ1) is 18.4. The third-order valence-electron chi connectivity index (χ3n) is 8.47. The third kappa shape index (κ3) is 2.32. The first-order valence-corrected chi connectivity index (χ1v) is 10.5. The predicted octanol–water partition coefficient (Wildman–Crippen LogP) is 5.01. The maximum atomic E-state index is 12.9. The molecule has 1 amide bonds. The summed E-state index contributed by atoms with van der Waals surface area (Å²) in [5.41, 5.74) is 5.79. The van der Waals surface area contributed by atoms with Crippen LogP contribution in [-0.2, 0) is 16.6 Å². The summed E-state index contributed by atoms with van der Waals surface area (Å²) in [4.78, 5) is 17.8. The summed E-state index contributed by atoms with van der Waals surface area (Å²) in [5, 5.41) is 8.62. The lowest BCUT2D eigenvalue weighted by atomic mass is 9.65. The molecule has 1 saturated carbocycles. The number of likely N-dealkylation sites (tertiary alicyclic amines) is 1. The van der Waals surface area contributed by atoms with E-state index in [-0.39, 0.29) is 22.2 Å². The molecule has 2 aliphatic carbocycles. The van der Waals surface area contributed by atoms with Crippen LogP contribution in [0.2, 0.25) is 0 Å². The van der Waals surface area contributed by atoms with E-state index in [4.69, 9.17) is 5.41 Å². The third-order valence-corrected chi connectivity index (χ3v) is 8.47. The number of carbonyl (C=O) groups excluding carboxylic acids is 1. The molecule has 1 saturated heterocycles. The van der Waals surface area contributed by atoms with Crippen molar-refractivity contribution in [2.45, 2.75) is 51.9 Å². The van der Waals surface area contributed by atoms with Gasteiger partial charge in [0.25, 0.3) is 0 Å². The largest absolute Gasteiger partial charge is 0.364 e. The molecule has 3 aliphatic rings. The van der Waals surface area contributed by atoms with Crippen molar-refractivity contribution < 1.29 is 4.79 Å². The van der Waals surface area contributed by atoms with E-state index >= 15 is 0 Å². The molecule has 2 fully saturated rings. The molecule has 2 unspecified atom stereocenters. The molecule has 4 heteroatoms. The van der Waals surface area contributed by atoms with Crippen LogP contribution >= 0.6 is 0 Å². The Labute approximate surface area is 172 Å². The molecule has 4 nitrogen and oxygen atoms in total. The maximum absolute atomic E-state index is 12.9. The number of hydrogen-bond donors (Lipinski definition) is 2. The zero-order chi connectivity index (χ0) is 20.6. The molecule has 1 aromatic carbocycles. The lowest BCUT2D eigenvalue weighted by Gasteiger charge is -2.37. The van der Waals surface area contributed by atoms with Crippen LogP contribution in [0.25, 0.3) is 11.6 Å². The molecule has 0 spiro atoms. The molecule has 3 atom stereocenters. The Morgan fingerprint density at radius 2 is 1.90 bits per heavy atom. The summed E-state index contributed by atoms with van der Waals surface area (Å²) in [6.45, 7) is 6.66. The van der Waals surface area contributed by atoms with Crippen molar-refractivity contribution in [3.8, 4) is 0 Å². The van der Waals surface area contributed by atoms with E-state index in [0.717, 1.165) is 19.3 Å². The molecular formula is C25H29N3O. The number of aryl methyl sites for hydroxylation is 1. The quantitative estimate of drug-likeness (QED) is 0.747. The highest BCUT2D eigenvalue weighted by molar-refractivity contribution is 6.03. The molecule has 150 valence electrons. The molecule has 2 heterocycles. The Morgan fingerprint density at radius 3 is 2.69 bits per heavy atom. The van der Waals surface area contributed by atoms with Crippen molar-refractivity contribution >= 4 is 23.4 Å². The van der Waals surface area contributed by atoms with Crippen molar-refractivity contribution in [3.63, 3.8) is 0 Å². The Balaban J connectivity index is 1.59. The summed E-state index contributed by atoms with van der Waals surface area (Å²) in [6.07, 6.45) is 7.76. The van der Waals surface area contributed by atoms with Crippen molar-refractivity contribution in [1.29, 1.82) is 5.41 Å². The van der Waals surface area contributed by atoms with Gasteiger partial charge in [0.05, 0.1) is 0 Å². The highest BCUT2D eigenvalue weighted by atomic mass is 16.2. The number of hydrogen-bond acceptors (Lipinski definition) is 2. The topological polar surface area (TPSA) is 60.0 Å². The fourth-order valence-electron chi connectivity index (χ4n) is 5.92. The smallest absolute Gasteiger partial charge is 0.228 e. The average molecular weight is 388 g/mol. The maximum Gasteiger partial charge on any atom is 0.228 e. The van der Waals surface area contributed by atoms with Crippen molar-refractivity contribution in [2.24, 2.45) is 10.8 Å². The Morgan fingerprint density at radius 1 is 1.10 bits per heavy atom. The Bertz CT molecular complexity index is 1080. The second-order valence-corrected chi connectivity index (χ2v) is 9.81. The normalized spacial score (nSPS) is 33.7. The number of carbonyl (C=O) groups is 1. The second-order valence-electron chi connectivity index (χ2n) is 9.81. The Kier molecular flexibility index (Phi) is 3.63. The van der Waals surface area contributed by atoms with Gasteiger partial charge in [-0.15, -0.1) is 0 Å². The fourth-order valence-corrected chi connectivity index (χ4v) is 5.92. The van der Waals surface area contributed by atoms with E-state index in [1.54, 1.807) is 11.9 Å². The van der Waals surface area contributed by atoms with E-state index in [9.17, 15) is 4.79 Å². The van der Waals surface area contributed by atoms with Gasteiger partial charge < -0.3 is 9.88 Å². The highest BCUT2D eigenvalue weighted by Crippen LogP contribution is 2.74. The van der Waals surface area contributed by atoms with Gasteiger partial charge in [-0.25, -0.2) is 0 Å². The minimum Gasteiger partial charge on any atom is -0.364 e. The number of aromatic nitrogens is 1. The van der Waals surface area contributed by atoms with Gasteiger partial charge in [0, 0.05) is 36.2 Å². The first-order valence-electron chi connectivity index (χ1n) is 10.5. The number of benzene rings is 1. The molecule has 1 aliphatic heterocycles. The monoisotopic (exact) mass is 387 g/mol. The van der Waals surface area contributed by atoms with Crippen molar-refractivity contribution in [3.05, 3.63) is 58.9 Å². The van der Waals surface area contributed by atoms with E-state index in [0.29, 0.717) is 12.3 Å². The van der Waals surface area contributed by atoms with E-state index in [2.05, 4.69) is 62.2 Å². The number of H-pyrrole nitrogens is 1. The molecule has 5 rings (SSSR count). The predicted molar refractivity (Wildman–Crippen MR) is 117 cm³/mol. The molecule has 0 radical (unpaired) electrons. The van der Waals surface area contributed by atoms with Gasteiger partial charge in [-0.05, 0) is 59.1 Å². The van der Waals surface area contributed by atoms with Gasteiger partial charge in [0.2, 0.25) is 5.91 Å². The van der Waals surface area contributed by atoms with E-state index in [1.807, 2.05) is 6.20 Å². The number of fused-ring (bicyclic) bond motifs is 2. The van der Waals surface area contributed by atoms with Crippen molar-refractivity contribution in [1.82, 2.24) is 9.88 Å². The van der Waals surface area contributed by atoms with Gasteiger partial charge in [0.1, 0.15) is 5.84 Å². The summed E-state index contributed by atoms with van der Waals surface area (Å²) >= 11 is 0. The van der Waals surface area contributed by atoms with Crippen molar-refractivity contribution in [2.75, 3.05) is 7.05 Å². The fraction of sp³-hybridized carbons (Fsp3) is 0.440. The van der Waals surface area contributed by atoms with Crippen LogP contribution in [0.1, 0.15) is 62.4 Å². The standard InChI is InChI=1S/C25H29N3O/c1-23(14-21(29)28(4)22(26)24(2)15-25(23,24)3)19-7-5-6-16(13-19)17-8-9-20-18(12-17)10-11-27-20/h5-7,10-13,26-27H,8-9,14-15H2,1-4H3/t23-,24?,25?/m0/s1. The minimum absolute atomic E-state index is 0.0476. The number of allylic oxidation sites excluding steroid dienone is 1. The van der Waals surface area contributed by atoms with Gasteiger partial charge in [0.15, 0.2) is 0 Å². The van der Waals surface area contributed by atoms with Gasteiger partial charge in [-0.1, -0.05) is 45.0 Å². The lowest BCUT2D eigenvalue weighted by Crippen LogP contribution is -2.37. The van der Waals surface area contributed by atoms with E-state index < -0.39 is 0 Å². The molecule has 2 N–H and O–H groups in total. The number of nitrogens with zero attached hydrogens (tertiary/aromatic N) is 1. The van der Waals surface area contributed by atoms with E-state index in [1.165, 1.54) is 28.0 Å². The highest BCUT2D eigenvalue weighted by Gasteiger charge is 2.73. The Hall–Kier alpha value is -2.62. The van der Waals surface area contributed by atoms with Crippen LogP contribution in [0.15, 0.2) is 36.5 Å². The summed E-state index contributed by atoms with van der Waals surface area (Å²) < 4.78 is 0. The molecule has 2 aromatic rings. The summed E-state index contributed by atoms with van der Waals surface area (Å²) in [5.74, 6) is 0.520. The van der Waals surface area contributed by atoms with Crippen LogP contribution in [0.5, 0.6) is 0 Å². The number of rotatable bonds is 2. The second kappa shape index (κ2) is 5.71. The summed E-state index contributed by atoms with van der Waals surface area (Å²) in [7, 11) is 1.76. The number of amides is 1. The molecule has 1 aromatic heterocycles. The molecular weight excluding hydrogens is 358 g/mol. The van der Waals surface area contributed by atoms with Crippen LogP contribution < -0.4 is 0 Å². The SMILES string of the molecule is CN1C(=N)C2(C)CC2(C)[C@](C)(c2cccc(C3=Cc4cc[nH]c4CC3)c2)CC1=O. The number of nitrogens with one attached hydrogen (secondary N) is 2. The summed E-state index contributed by atoms with van der Waals surface area (Å²) in [6, 6.07) is 11.0. The first-order chi connectivity index (χ1) is 13.7. The zero-order valence-corrected chi connectivity index (χ0v) is 17.7. The van der Waals surface area contributed by atoms with Gasteiger partial charge in [-0.2, -0.15) is 0 Å². The number of aromatic amines is 1. The number of amidine groups is 1. The average Bonchev–Trinajstić information content (AvgIpc) is 3.08. The van der Waals surface area contributed by atoms with Crippen LogP contribution in [0, 0.1) is 16.2 Å². The molecule has 0 bridgehead atoms. The van der Waals surface area contributed by atoms with Gasteiger partial charge in [-0.3, -0.25) is 10.2 Å². The van der Waals surface area contributed by atoms with Crippen LogP contribution in [-0.4, -0.2) is 28.7 Å². The zero-order valence-electron chi connectivity index (χ0n) is 17.7. The lowest BCUT2D eigenvalue weighted by molar-refractivity contribution is -0.127. The van der Waals surface area contributed by atoms with Gasteiger partial charge >= 0.3 is 0 Å². The van der Waals surface area contributed by atoms with Crippen LogP contribution in [0.4, 0.5) is 0 Å².